The summed E-state index contributed by atoms with van der Waals surface area (Å²) in [5.74, 6) is -0.813. The van der Waals surface area contributed by atoms with E-state index in [1.54, 1.807) is 35.4 Å². The molecule has 0 radical (unpaired) electrons. The molecule has 41 heavy (non-hydrogen) atoms. The smallest absolute Gasteiger partial charge is 0.410 e. The number of carbonyl (C=O) groups is 4. The number of aromatic nitrogens is 1. The van der Waals surface area contributed by atoms with E-state index >= 15 is 4.39 Å². The molecule has 11 heteroatoms. The van der Waals surface area contributed by atoms with Crippen molar-refractivity contribution in [2.75, 3.05) is 26.2 Å². The molecule has 1 N–H and O–H groups in total. The summed E-state index contributed by atoms with van der Waals surface area (Å²) in [5, 5.41) is 2.30. The molecule has 0 aliphatic carbocycles. The first-order valence-corrected chi connectivity index (χ1v) is 14.1. The van der Waals surface area contributed by atoms with Crippen molar-refractivity contribution in [2.45, 2.75) is 58.3 Å². The molecule has 1 aromatic carbocycles. The molecule has 5 heterocycles. The lowest BCUT2D eigenvalue weighted by Crippen LogP contribution is -2.52. The number of hydrogen-bond donors (Lipinski definition) is 1. The second-order valence-electron chi connectivity index (χ2n) is 12.5. The third kappa shape index (κ3) is 5.30. The number of likely N-dealkylation sites (tertiary alicyclic amines) is 2. The molecule has 0 spiro atoms. The monoisotopic (exact) mass is 563 g/mol. The fourth-order valence-corrected chi connectivity index (χ4v) is 6.46. The quantitative estimate of drug-likeness (QED) is 0.570. The van der Waals surface area contributed by atoms with Crippen LogP contribution < -0.4 is 5.32 Å². The van der Waals surface area contributed by atoms with Gasteiger partial charge in [0.25, 0.3) is 5.91 Å². The van der Waals surface area contributed by atoms with Crippen molar-refractivity contribution >= 4 is 23.8 Å². The van der Waals surface area contributed by atoms with Crippen molar-refractivity contribution in [1.29, 1.82) is 0 Å². The standard InChI is InChI=1S/C30H34FN5O5/c1-30(2,3)41-29(40)35-14-20-12-34(13-21(20)15-35)11-18-8-9-32-26(25(18)31)17-4-5-22-19(10-17)16-36(28(22)39)23-6-7-24(37)33-27(23)38/h4-5,8-10,20-21,23H,6-7,11-16H2,1-3H3,(H,33,37,38)/t20-,21+,23-/m1/s1. The van der Waals surface area contributed by atoms with Gasteiger partial charge in [-0.25, -0.2) is 9.18 Å². The fraction of sp³-hybridized carbons (Fsp3) is 0.500. The molecule has 0 bridgehead atoms. The largest absolute Gasteiger partial charge is 0.444 e. The second kappa shape index (κ2) is 10.2. The molecule has 216 valence electrons. The summed E-state index contributed by atoms with van der Waals surface area (Å²) in [6.07, 6.45) is 1.79. The van der Waals surface area contributed by atoms with Crippen LogP contribution in [0.25, 0.3) is 11.3 Å². The van der Waals surface area contributed by atoms with Crippen LogP contribution in [0.2, 0.25) is 0 Å². The van der Waals surface area contributed by atoms with Crippen LogP contribution in [-0.4, -0.2) is 81.3 Å². The van der Waals surface area contributed by atoms with Crippen molar-refractivity contribution in [3.05, 3.63) is 53.0 Å². The van der Waals surface area contributed by atoms with Crippen LogP contribution in [0.3, 0.4) is 0 Å². The number of ether oxygens (including phenoxy) is 1. The molecule has 4 amide bonds. The molecule has 0 saturated carbocycles. The summed E-state index contributed by atoms with van der Waals surface area (Å²) in [7, 11) is 0. The van der Waals surface area contributed by atoms with E-state index in [2.05, 4.69) is 15.2 Å². The van der Waals surface area contributed by atoms with E-state index in [-0.39, 0.29) is 43.0 Å². The topological polar surface area (TPSA) is 112 Å². The predicted molar refractivity (Wildman–Crippen MR) is 146 cm³/mol. The van der Waals surface area contributed by atoms with Gasteiger partial charge in [-0.15, -0.1) is 0 Å². The molecule has 0 unspecified atom stereocenters. The molecule has 6 rings (SSSR count). The molecule has 1 aromatic heterocycles. The average Bonchev–Trinajstić information content (AvgIpc) is 3.56. The number of carbonyl (C=O) groups excluding carboxylic acids is 4. The molecule has 4 aliphatic rings. The minimum Gasteiger partial charge on any atom is -0.444 e. The SMILES string of the molecule is CC(C)(C)OC(=O)N1C[C@H]2CN(Cc3ccnc(-c4ccc5c(c4)CN([C@@H]4CCC(=O)NC4=O)C5=O)c3F)C[C@H]2C1. The summed E-state index contributed by atoms with van der Waals surface area (Å²) in [5.41, 5.74) is 1.96. The lowest BCUT2D eigenvalue weighted by molar-refractivity contribution is -0.136. The summed E-state index contributed by atoms with van der Waals surface area (Å²) >= 11 is 0. The minimum absolute atomic E-state index is 0.185. The zero-order chi connectivity index (χ0) is 29.1. The summed E-state index contributed by atoms with van der Waals surface area (Å²) in [4.78, 5) is 59.2. The molecule has 10 nitrogen and oxygen atoms in total. The van der Waals surface area contributed by atoms with Gasteiger partial charge < -0.3 is 14.5 Å². The average molecular weight is 564 g/mol. The maximum atomic E-state index is 15.8. The number of rotatable bonds is 4. The number of amides is 4. The van der Waals surface area contributed by atoms with Crippen molar-refractivity contribution < 1.29 is 28.3 Å². The van der Waals surface area contributed by atoms with Gasteiger partial charge in [0.15, 0.2) is 5.82 Å². The number of imide groups is 1. The Labute approximate surface area is 237 Å². The van der Waals surface area contributed by atoms with E-state index < -0.39 is 23.4 Å². The number of pyridine rings is 1. The first-order valence-electron chi connectivity index (χ1n) is 14.1. The minimum atomic E-state index is -0.703. The van der Waals surface area contributed by atoms with Gasteiger partial charge in [-0.1, -0.05) is 6.07 Å². The number of hydrogen-bond acceptors (Lipinski definition) is 7. The van der Waals surface area contributed by atoms with Crippen molar-refractivity contribution in [3.63, 3.8) is 0 Å². The fourth-order valence-electron chi connectivity index (χ4n) is 6.46. The Balaban J connectivity index is 1.12. The van der Waals surface area contributed by atoms with E-state index in [1.807, 2.05) is 20.8 Å². The Kier molecular flexibility index (Phi) is 6.80. The van der Waals surface area contributed by atoms with E-state index in [0.717, 1.165) is 13.1 Å². The van der Waals surface area contributed by atoms with E-state index in [0.29, 0.717) is 53.7 Å². The van der Waals surface area contributed by atoms with Gasteiger partial charge in [0.05, 0.1) is 0 Å². The zero-order valence-corrected chi connectivity index (χ0v) is 23.5. The molecule has 3 fully saturated rings. The van der Waals surface area contributed by atoms with Gasteiger partial charge in [0.1, 0.15) is 17.3 Å². The van der Waals surface area contributed by atoms with Gasteiger partial charge in [-0.2, -0.15) is 0 Å². The zero-order valence-electron chi connectivity index (χ0n) is 23.5. The van der Waals surface area contributed by atoms with Gasteiger partial charge in [-0.3, -0.25) is 29.6 Å². The van der Waals surface area contributed by atoms with Gasteiger partial charge in [0.2, 0.25) is 11.8 Å². The maximum absolute atomic E-state index is 15.8. The highest BCUT2D eigenvalue weighted by Crippen LogP contribution is 2.35. The van der Waals surface area contributed by atoms with Gasteiger partial charge in [0, 0.05) is 68.6 Å². The Hall–Kier alpha value is -3.86. The van der Waals surface area contributed by atoms with Gasteiger partial charge in [-0.05, 0) is 62.8 Å². The normalized spacial score (nSPS) is 24.5. The highest BCUT2D eigenvalue weighted by molar-refractivity contribution is 6.05. The van der Waals surface area contributed by atoms with Crippen molar-refractivity contribution in [3.8, 4) is 11.3 Å². The van der Waals surface area contributed by atoms with Crippen LogP contribution >= 0.6 is 0 Å². The summed E-state index contributed by atoms with van der Waals surface area (Å²) in [6, 6.07) is 6.10. The molecule has 3 saturated heterocycles. The molecule has 3 atom stereocenters. The Morgan fingerprint density at radius 3 is 2.51 bits per heavy atom. The first-order chi connectivity index (χ1) is 19.5. The van der Waals surface area contributed by atoms with Crippen LogP contribution in [0.4, 0.5) is 9.18 Å². The summed E-state index contributed by atoms with van der Waals surface area (Å²) in [6.45, 7) is 9.07. The second-order valence-corrected chi connectivity index (χ2v) is 12.5. The third-order valence-electron chi connectivity index (χ3n) is 8.37. The number of nitrogens with zero attached hydrogens (tertiary/aromatic N) is 4. The number of nitrogens with one attached hydrogen (secondary N) is 1. The molecular formula is C30H34FN5O5. The van der Waals surface area contributed by atoms with E-state index in [4.69, 9.17) is 4.74 Å². The van der Waals surface area contributed by atoms with Crippen molar-refractivity contribution in [1.82, 2.24) is 25.0 Å². The number of piperidine rings is 1. The van der Waals surface area contributed by atoms with Crippen molar-refractivity contribution in [2.24, 2.45) is 11.8 Å². The number of halogens is 1. The highest BCUT2D eigenvalue weighted by atomic mass is 19.1. The summed E-state index contributed by atoms with van der Waals surface area (Å²) < 4.78 is 21.3. The highest BCUT2D eigenvalue weighted by Gasteiger charge is 2.43. The maximum Gasteiger partial charge on any atom is 0.410 e. The lowest BCUT2D eigenvalue weighted by Gasteiger charge is -2.29. The Bertz CT molecular complexity index is 1420. The van der Waals surface area contributed by atoms with Crippen LogP contribution in [0.1, 0.15) is 55.1 Å². The van der Waals surface area contributed by atoms with E-state index in [1.165, 1.54) is 4.90 Å². The van der Waals surface area contributed by atoms with Crippen LogP contribution in [0.5, 0.6) is 0 Å². The molecular weight excluding hydrogens is 529 g/mol. The molecule has 2 aromatic rings. The third-order valence-corrected chi connectivity index (χ3v) is 8.37. The molecule has 4 aliphatic heterocycles. The number of benzene rings is 1. The number of fused-ring (bicyclic) bond motifs is 2. The predicted octanol–water partition coefficient (Wildman–Crippen LogP) is 2.95. The van der Waals surface area contributed by atoms with Crippen LogP contribution in [-0.2, 0) is 27.4 Å². The lowest BCUT2D eigenvalue weighted by atomic mass is 10.0. The van der Waals surface area contributed by atoms with Gasteiger partial charge >= 0.3 is 6.09 Å². The Morgan fingerprint density at radius 2 is 1.83 bits per heavy atom. The van der Waals surface area contributed by atoms with Crippen LogP contribution in [0.15, 0.2) is 30.5 Å². The van der Waals surface area contributed by atoms with E-state index in [9.17, 15) is 19.2 Å². The Morgan fingerprint density at radius 1 is 1.10 bits per heavy atom. The first kappa shape index (κ1) is 27.3. The van der Waals surface area contributed by atoms with Crippen LogP contribution in [0, 0.1) is 17.7 Å².